The van der Waals surface area contributed by atoms with Gasteiger partial charge in [0.25, 0.3) is 5.91 Å². The third-order valence-electron chi connectivity index (χ3n) is 2.84. The Morgan fingerprint density at radius 1 is 1.10 bits per heavy atom. The van der Waals surface area contributed by atoms with Crippen LogP contribution in [0.1, 0.15) is 26.3 Å². The van der Waals surface area contributed by atoms with Crippen molar-refractivity contribution in [2.45, 2.75) is 6.92 Å². The first-order valence-electron chi connectivity index (χ1n) is 5.89. The van der Waals surface area contributed by atoms with Crippen molar-refractivity contribution in [1.82, 2.24) is 0 Å². The van der Waals surface area contributed by atoms with Gasteiger partial charge in [-0.15, -0.1) is 0 Å². The van der Waals surface area contributed by atoms with E-state index in [1.54, 1.807) is 18.2 Å². The summed E-state index contributed by atoms with van der Waals surface area (Å²) in [6.45, 7) is 1.83. The van der Waals surface area contributed by atoms with E-state index in [4.69, 9.17) is 16.7 Å². The molecule has 102 valence electrons. The summed E-state index contributed by atoms with van der Waals surface area (Å²) in [5, 5.41) is 11.8. The summed E-state index contributed by atoms with van der Waals surface area (Å²) in [4.78, 5) is 23.1. The van der Waals surface area contributed by atoms with Crippen LogP contribution in [-0.2, 0) is 0 Å². The van der Waals surface area contributed by atoms with Gasteiger partial charge in [-0.25, -0.2) is 4.79 Å². The lowest BCUT2D eigenvalue weighted by Gasteiger charge is -2.08. The number of nitrogens with one attached hydrogen (secondary N) is 1. The van der Waals surface area contributed by atoms with Crippen LogP contribution in [0.2, 0.25) is 5.02 Å². The van der Waals surface area contributed by atoms with E-state index in [1.165, 1.54) is 12.1 Å². The van der Waals surface area contributed by atoms with E-state index in [0.717, 1.165) is 5.56 Å². The lowest BCUT2D eigenvalue weighted by atomic mass is 10.1. The summed E-state index contributed by atoms with van der Waals surface area (Å²) >= 11 is 5.78. The van der Waals surface area contributed by atoms with Gasteiger partial charge in [-0.2, -0.15) is 0 Å². The highest BCUT2D eigenvalue weighted by Gasteiger charge is 2.12. The Bertz CT molecular complexity index is 683. The van der Waals surface area contributed by atoms with E-state index in [1.807, 2.05) is 19.1 Å². The van der Waals surface area contributed by atoms with Crippen LogP contribution in [0.4, 0.5) is 5.69 Å². The second-order valence-electron chi connectivity index (χ2n) is 4.27. The standard InChI is InChI=1S/C15H12ClNO3/c1-9-4-2-3-5-11(9)14(18)17-10-6-7-13(16)12(8-10)15(19)20/h2-8H,1H3,(H,17,18)(H,19,20). The van der Waals surface area contributed by atoms with E-state index in [9.17, 15) is 9.59 Å². The van der Waals surface area contributed by atoms with Crippen molar-refractivity contribution >= 4 is 29.2 Å². The molecule has 0 aliphatic heterocycles. The van der Waals surface area contributed by atoms with Crippen molar-refractivity contribution in [2.24, 2.45) is 0 Å². The fraction of sp³-hybridized carbons (Fsp3) is 0.0667. The van der Waals surface area contributed by atoms with Crippen LogP contribution in [0.5, 0.6) is 0 Å². The topological polar surface area (TPSA) is 66.4 Å². The zero-order valence-electron chi connectivity index (χ0n) is 10.7. The minimum absolute atomic E-state index is 0.0470. The minimum atomic E-state index is -1.14. The summed E-state index contributed by atoms with van der Waals surface area (Å²) in [7, 11) is 0. The molecule has 4 nitrogen and oxygen atoms in total. The number of rotatable bonds is 3. The van der Waals surface area contributed by atoms with Crippen molar-refractivity contribution in [1.29, 1.82) is 0 Å². The Labute approximate surface area is 121 Å². The zero-order chi connectivity index (χ0) is 14.7. The highest BCUT2D eigenvalue weighted by molar-refractivity contribution is 6.33. The number of carbonyl (C=O) groups excluding carboxylic acids is 1. The molecule has 1 amide bonds. The first-order chi connectivity index (χ1) is 9.49. The van der Waals surface area contributed by atoms with Gasteiger partial charge in [-0.1, -0.05) is 29.8 Å². The highest BCUT2D eigenvalue weighted by atomic mass is 35.5. The van der Waals surface area contributed by atoms with Crippen molar-refractivity contribution in [3.8, 4) is 0 Å². The number of carbonyl (C=O) groups is 2. The van der Waals surface area contributed by atoms with Crippen LogP contribution < -0.4 is 5.32 Å². The van der Waals surface area contributed by atoms with Crippen molar-refractivity contribution in [3.63, 3.8) is 0 Å². The number of benzene rings is 2. The van der Waals surface area contributed by atoms with Crippen LogP contribution in [0.3, 0.4) is 0 Å². The summed E-state index contributed by atoms with van der Waals surface area (Å²) in [5.74, 6) is -1.43. The van der Waals surface area contributed by atoms with Gasteiger partial charge < -0.3 is 10.4 Å². The average molecular weight is 290 g/mol. The molecule has 2 rings (SSSR count). The lowest BCUT2D eigenvalue weighted by molar-refractivity contribution is 0.0696. The molecule has 5 heteroatoms. The number of halogens is 1. The molecule has 0 fully saturated rings. The number of amides is 1. The predicted molar refractivity (Wildman–Crippen MR) is 77.5 cm³/mol. The predicted octanol–water partition coefficient (Wildman–Crippen LogP) is 3.60. The molecule has 20 heavy (non-hydrogen) atoms. The second kappa shape index (κ2) is 5.75. The fourth-order valence-corrected chi connectivity index (χ4v) is 1.99. The van der Waals surface area contributed by atoms with Crippen molar-refractivity contribution in [2.75, 3.05) is 5.32 Å². The first kappa shape index (κ1) is 14.1. The van der Waals surface area contributed by atoms with Crippen LogP contribution in [0, 0.1) is 6.92 Å². The largest absolute Gasteiger partial charge is 0.478 e. The van der Waals surface area contributed by atoms with E-state index in [0.29, 0.717) is 11.3 Å². The lowest BCUT2D eigenvalue weighted by Crippen LogP contribution is -2.13. The molecule has 0 heterocycles. The maximum absolute atomic E-state index is 12.1. The smallest absolute Gasteiger partial charge is 0.337 e. The summed E-state index contributed by atoms with van der Waals surface area (Å²) in [5.41, 5.74) is 1.73. The number of aryl methyl sites for hydroxylation is 1. The minimum Gasteiger partial charge on any atom is -0.478 e. The van der Waals surface area contributed by atoms with Gasteiger partial charge in [0.1, 0.15) is 0 Å². The normalized spacial score (nSPS) is 10.1. The maximum Gasteiger partial charge on any atom is 0.337 e. The fourth-order valence-electron chi connectivity index (χ4n) is 1.79. The van der Waals surface area contributed by atoms with Crippen LogP contribution in [0.15, 0.2) is 42.5 Å². The molecule has 0 aromatic heterocycles. The van der Waals surface area contributed by atoms with E-state index in [2.05, 4.69) is 5.32 Å². The van der Waals surface area contributed by atoms with E-state index in [-0.39, 0.29) is 16.5 Å². The SMILES string of the molecule is Cc1ccccc1C(=O)Nc1ccc(Cl)c(C(=O)O)c1. The number of carboxylic acids is 1. The Balaban J connectivity index is 2.27. The molecule has 0 aliphatic carbocycles. The molecule has 0 aliphatic rings. The quantitative estimate of drug-likeness (QED) is 0.907. The van der Waals surface area contributed by atoms with Gasteiger partial charge in [-0.3, -0.25) is 4.79 Å². The Morgan fingerprint density at radius 2 is 1.80 bits per heavy atom. The third kappa shape index (κ3) is 2.97. The molecule has 0 atom stereocenters. The monoisotopic (exact) mass is 289 g/mol. The van der Waals surface area contributed by atoms with E-state index < -0.39 is 5.97 Å². The van der Waals surface area contributed by atoms with Gasteiger partial charge in [-0.05, 0) is 36.8 Å². The molecular formula is C15H12ClNO3. The van der Waals surface area contributed by atoms with Crippen LogP contribution in [-0.4, -0.2) is 17.0 Å². The Kier molecular flexibility index (Phi) is 4.05. The number of aromatic carboxylic acids is 1. The van der Waals surface area contributed by atoms with Gasteiger partial charge in [0.2, 0.25) is 0 Å². The van der Waals surface area contributed by atoms with Crippen molar-refractivity contribution in [3.05, 3.63) is 64.2 Å². The molecule has 0 saturated heterocycles. The number of carboxylic acid groups (broad SMARTS) is 1. The average Bonchev–Trinajstić information content (AvgIpc) is 2.41. The zero-order valence-corrected chi connectivity index (χ0v) is 11.4. The molecule has 2 N–H and O–H groups in total. The molecule has 2 aromatic carbocycles. The molecule has 0 bridgehead atoms. The molecule has 2 aromatic rings. The highest BCUT2D eigenvalue weighted by Crippen LogP contribution is 2.21. The number of anilines is 1. The first-order valence-corrected chi connectivity index (χ1v) is 6.26. The molecule has 0 unspecified atom stereocenters. The van der Waals surface area contributed by atoms with Gasteiger partial charge in [0.05, 0.1) is 10.6 Å². The molecule has 0 saturated carbocycles. The Hall–Kier alpha value is -2.33. The maximum atomic E-state index is 12.1. The number of hydrogen-bond donors (Lipinski definition) is 2. The van der Waals surface area contributed by atoms with E-state index >= 15 is 0 Å². The number of hydrogen-bond acceptors (Lipinski definition) is 2. The second-order valence-corrected chi connectivity index (χ2v) is 4.68. The van der Waals surface area contributed by atoms with Gasteiger partial charge in [0.15, 0.2) is 0 Å². The van der Waals surface area contributed by atoms with Gasteiger partial charge in [0, 0.05) is 11.3 Å². The van der Waals surface area contributed by atoms with Gasteiger partial charge >= 0.3 is 5.97 Å². The van der Waals surface area contributed by atoms with Crippen molar-refractivity contribution < 1.29 is 14.7 Å². The molecular weight excluding hydrogens is 278 g/mol. The van der Waals surface area contributed by atoms with Crippen LogP contribution in [0.25, 0.3) is 0 Å². The molecule has 0 radical (unpaired) electrons. The molecule has 0 spiro atoms. The Morgan fingerprint density at radius 3 is 2.45 bits per heavy atom. The third-order valence-corrected chi connectivity index (χ3v) is 3.17. The summed E-state index contributed by atoms with van der Waals surface area (Å²) in [6.07, 6.45) is 0. The summed E-state index contributed by atoms with van der Waals surface area (Å²) in [6, 6.07) is 11.5. The summed E-state index contributed by atoms with van der Waals surface area (Å²) < 4.78 is 0. The van der Waals surface area contributed by atoms with Crippen LogP contribution >= 0.6 is 11.6 Å².